The fraction of sp³-hybridized carbons (Fsp3) is 0.429. The normalized spacial score (nSPS) is 16.7. The van der Waals surface area contributed by atoms with E-state index in [9.17, 15) is 14.9 Å². The first-order valence-corrected chi connectivity index (χ1v) is 7.99. The van der Waals surface area contributed by atoms with E-state index >= 15 is 0 Å². The van der Waals surface area contributed by atoms with E-state index in [2.05, 4.69) is 31.4 Å². The molecule has 0 saturated carbocycles. The van der Waals surface area contributed by atoms with Crippen LogP contribution in [0.5, 0.6) is 0 Å². The van der Waals surface area contributed by atoms with E-state index in [1.807, 2.05) is 0 Å². The van der Waals surface area contributed by atoms with E-state index in [1.165, 1.54) is 30.8 Å². The number of allylic oxidation sites excluding steroid dienone is 1. The highest BCUT2D eigenvalue weighted by atomic mass is 79.9. The first kappa shape index (κ1) is 17.4. The second kappa shape index (κ2) is 8.59. The SMILES string of the molecule is O=C(CN1CCCCC1)N/N=C/C(Br)=C/c1ccc([N+](=O)[O-])o1. The predicted molar refractivity (Wildman–Crippen MR) is 89.2 cm³/mol. The smallest absolute Gasteiger partial charge is 0.401 e. The van der Waals surface area contributed by atoms with E-state index in [-0.39, 0.29) is 11.8 Å². The summed E-state index contributed by atoms with van der Waals surface area (Å²) in [5.41, 5.74) is 2.45. The molecular weight excluding hydrogens is 368 g/mol. The van der Waals surface area contributed by atoms with E-state index in [0.717, 1.165) is 25.9 Å². The summed E-state index contributed by atoms with van der Waals surface area (Å²) in [4.78, 5) is 23.7. The van der Waals surface area contributed by atoms with Gasteiger partial charge in [-0.05, 0) is 54.0 Å². The van der Waals surface area contributed by atoms with Crippen LogP contribution in [-0.2, 0) is 4.79 Å². The number of likely N-dealkylation sites (tertiary alicyclic amines) is 1. The number of hydrazone groups is 1. The quantitative estimate of drug-likeness (QED) is 0.461. The Labute approximate surface area is 141 Å². The van der Waals surface area contributed by atoms with Crippen LogP contribution in [0.25, 0.3) is 6.08 Å². The van der Waals surface area contributed by atoms with Crippen LogP contribution in [0, 0.1) is 10.1 Å². The fourth-order valence-electron chi connectivity index (χ4n) is 2.21. The number of nitro groups is 1. The molecule has 0 aromatic carbocycles. The van der Waals surface area contributed by atoms with Crippen LogP contribution in [0.1, 0.15) is 25.0 Å². The van der Waals surface area contributed by atoms with E-state index in [1.54, 1.807) is 0 Å². The van der Waals surface area contributed by atoms with Crippen LogP contribution < -0.4 is 5.43 Å². The molecule has 2 rings (SSSR count). The zero-order valence-corrected chi connectivity index (χ0v) is 14.0. The molecule has 1 aliphatic rings. The van der Waals surface area contributed by atoms with Gasteiger partial charge in [-0.3, -0.25) is 19.8 Å². The first-order valence-electron chi connectivity index (χ1n) is 7.20. The van der Waals surface area contributed by atoms with Crippen LogP contribution in [-0.4, -0.2) is 41.6 Å². The molecule has 0 aliphatic carbocycles. The Balaban J connectivity index is 1.80. The Bertz CT molecular complexity index is 620. The largest absolute Gasteiger partial charge is 0.433 e. The third-order valence-corrected chi connectivity index (χ3v) is 3.70. The fourth-order valence-corrected chi connectivity index (χ4v) is 2.54. The van der Waals surface area contributed by atoms with Gasteiger partial charge in [0.1, 0.15) is 10.7 Å². The number of amides is 1. The van der Waals surface area contributed by atoms with Crippen molar-refractivity contribution < 1.29 is 14.1 Å². The van der Waals surface area contributed by atoms with Gasteiger partial charge < -0.3 is 4.42 Å². The van der Waals surface area contributed by atoms with Crippen molar-refractivity contribution in [2.75, 3.05) is 19.6 Å². The maximum absolute atomic E-state index is 11.7. The molecule has 0 atom stereocenters. The number of carbonyl (C=O) groups is 1. The summed E-state index contributed by atoms with van der Waals surface area (Å²) in [6.07, 6.45) is 6.38. The van der Waals surface area contributed by atoms with Crippen molar-refractivity contribution in [3.05, 3.63) is 32.5 Å². The van der Waals surface area contributed by atoms with Crippen LogP contribution in [0.15, 0.2) is 26.1 Å². The Morgan fingerprint density at radius 1 is 1.43 bits per heavy atom. The van der Waals surface area contributed by atoms with Gasteiger partial charge in [0.2, 0.25) is 0 Å². The van der Waals surface area contributed by atoms with Crippen LogP contribution in [0.2, 0.25) is 0 Å². The van der Waals surface area contributed by atoms with Gasteiger partial charge in [0, 0.05) is 4.48 Å². The zero-order chi connectivity index (χ0) is 16.7. The Morgan fingerprint density at radius 3 is 2.83 bits per heavy atom. The molecule has 0 radical (unpaired) electrons. The minimum Gasteiger partial charge on any atom is -0.401 e. The highest BCUT2D eigenvalue weighted by Crippen LogP contribution is 2.19. The lowest BCUT2D eigenvalue weighted by Gasteiger charge is -2.25. The Morgan fingerprint density at radius 2 is 2.17 bits per heavy atom. The Hall–Kier alpha value is -2.00. The van der Waals surface area contributed by atoms with Gasteiger partial charge in [0.15, 0.2) is 0 Å². The second-order valence-electron chi connectivity index (χ2n) is 5.09. The minimum atomic E-state index is -0.611. The highest BCUT2D eigenvalue weighted by molar-refractivity contribution is 9.12. The van der Waals surface area contributed by atoms with Crippen LogP contribution >= 0.6 is 15.9 Å². The molecule has 2 heterocycles. The molecule has 9 heteroatoms. The summed E-state index contributed by atoms with van der Waals surface area (Å²) in [5.74, 6) is -0.185. The van der Waals surface area contributed by atoms with Gasteiger partial charge in [-0.2, -0.15) is 5.10 Å². The molecule has 1 N–H and O–H groups in total. The van der Waals surface area contributed by atoms with Crippen molar-refractivity contribution >= 4 is 40.0 Å². The molecule has 1 aromatic heterocycles. The summed E-state index contributed by atoms with van der Waals surface area (Å²) in [6.45, 7) is 2.22. The predicted octanol–water partition coefficient (Wildman–Crippen LogP) is 2.51. The van der Waals surface area contributed by atoms with Crippen molar-refractivity contribution in [1.82, 2.24) is 10.3 Å². The van der Waals surface area contributed by atoms with Gasteiger partial charge in [-0.25, -0.2) is 5.43 Å². The third-order valence-electron chi connectivity index (χ3n) is 3.27. The molecule has 124 valence electrons. The average Bonchev–Trinajstić information content (AvgIpc) is 2.97. The summed E-state index contributed by atoms with van der Waals surface area (Å²) >= 11 is 3.23. The van der Waals surface area contributed by atoms with Crippen LogP contribution in [0.3, 0.4) is 0 Å². The van der Waals surface area contributed by atoms with E-state index in [4.69, 9.17) is 4.42 Å². The molecule has 0 spiro atoms. The molecule has 0 unspecified atom stereocenters. The summed E-state index contributed by atoms with van der Waals surface area (Å²) < 4.78 is 5.50. The topological polar surface area (TPSA) is 101 Å². The molecule has 1 saturated heterocycles. The molecule has 0 bridgehead atoms. The third kappa shape index (κ3) is 5.95. The number of carbonyl (C=O) groups excluding carboxylic acids is 1. The zero-order valence-electron chi connectivity index (χ0n) is 12.4. The van der Waals surface area contributed by atoms with Gasteiger partial charge in [0.05, 0.1) is 18.8 Å². The van der Waals surface area contributed by atoms with Crippen molar-refractivity contribution in [2.24, 2.45) is 5.10 Å². The number of piperidine rings is 1. The van der Waals surface area contributed by atoms with E-state index in [0.29, 0.717) is 16.8 Å². The first-order chi connectivity index (χ1) is 11.0. The summed E-state index contributed by atoms with van der Waals surface area (Å²) in [5, 5.41) is 14.3. The molecule has 8 nitrogen and oxygen atoms in total. The standard InChI is InChI=1S/C14H17BrN4O4/c15-11(8-12-4-5-14(23-12)19(21)22)9-16-17-13(20)10-18-6-2-1-3-7-18/h4-5,8-9H,1-3,6-7,10H2,(H,17,20)/b11-8-,16-9+. The lowest BCUT2D eigenvalue weighted by Crippen LogP contribution is -2.38. The second-order valence-corrected chi connectivity index (χ2v) is 6.01. The summed E-state index contributed by atoms with van der Waals surface area (Å²) in [7, 11) is 0. The minimum absolute atomic E-state index is 0.169. The molecule has 1 aromatic rings. The maximum Gasteiger partial charge on any atom is 0.433 e. The Kier molecular flexibility index (Phi) is 6.48. The number of nitrogens with one attached hydrogen (secondary N) is 1. The number of hydrogen-bond acceptors (Lipinski definition) is 6. The van der Waals surface area contributed by atoms with Crippen molar-refractivity contribution in [2.45, 2.75) is 19.3 Å². The van der Waals surface area contributed by atoms with Gasteiger partial charge in [-0.15, -0.1) is 0 Å². The van der Waals surface area contributed by atoms with Gasteiger partial charge in [0.25, 0.3) is 5.91 Å². The van der Waals surface area contributed by atoms with Gasteiger partial charge in [-0.1, -0.05) is 6.42 Å². The maximum atomic E-state index is 11.7. The molecule has 1 aliphatic heterocycles. The van der Waals surface area contributed by atoms with Gasteiger partial charge >= 0.3 is 5.88 Å². The highest BCUT2D eigenvalue weighted by Gasteiger charge is 2.13. The number of furan rings is 1. The summed E-state index contributed by atoms with van der Waals surface area (Å²) in [6, 6.07) is 2.74. The number of rotatable bonds is 6. The monoisotopic (exact) mass is 384 g/mol. The lowest BCUT2D eigenvalue weighted by atomic mass is 10.1. The van der Waals surface area contributed by atoms with Crippen LogP contribution in [0.4, 0.5) is 5.88 Å². The number of nitrogens with zero attached hydrogens (tertiary/aromatic N) is 3. The molecular formula is C14H17BrN4O4. The lowest BCUT2D eigenvalue weighted by molar-refractivity contribution is -0.402. The van der Waals surface area contributed by atoms with Crippen molar-refractivity contribution in [3.63, 3.8) is 0 Å². The number of hydrogen-bond donors (Lipinski definition) is 1. The van der Waals surface area contributed by atoms with E-state index < -0.39 is 4.92 Å². The molecule has 1 fully saturated rings. The molecule has 1 amide bonds. The van der Waals surface area contributed by atoms with Crippen molar-refractivity contribution in [1.29, 1.82) is 0 Å². The number of halogens is 1. The molecule has 23 heavy (non-hydrogen) atoms. The average molecular weight is 385 g/mol. The van der Waals surface area contributed by atoms with Crippen molar-refractivity contribution in [3.8, 4) is 0 Å².